The molecule has 96 valence electrons. The van der Waals surface area contributed by atoms with Gasteiger partial charge in [0.2, 0.25) is 0 Å². The van der Waals surface area contributed by atoms with E-state index < -0.39 is 0 Å². The van der Waals surface area contributed by atoms with Crippen LogP contribution in [0.3, 0.4) is 0 Å². The third-order valence-electron chi connectivity index (χ3n) is 3.53. The van der Waals surface area contributed by atoms with Gasteiger partial charge >= 0.3 is 0 Å². The molecular formula is C13H24N4. The van der Waals surface area contributed by atoms with E-state index in [0.717, 1.165) is 19.6 Å². The zero-order valence-corrected chi connectivity index (χ0v) is 10.8. The molecule has 1 aliphatic heterocycles. The van der Waals surface area contributed by atoms with Crippen LogP contribution in [0.2, 0.25) is 0 Å². The molecule has 4 nitrogen and oxygen atoms in total. The molecule has 4 heteroatoms. The van der Waals surface area contributed by atoms with Gasteiger partial charge in [-0.2, -0.15) is 0 Å². The lowest BCUT2D eigenvalue weighted by Crippen LogP contribution is -2.38. The van der Waals surface area contributed by atoms with E-state index in [9.17, 15) is 0 Å². The quantitative estimate of drug-likeness (QED) is 0.725. The number of nitrogens with zero attached hydrogens (tertiary/aromatic N) is 3. The molecule has 1 aromatic heterocycles. The molecule has 1 fully saturated rings. The van der Waals surface area contributed by atoms with Gasteiger partial charge in [0.1, 0.15) is 0 Å². The number of likely N-dealkylation sites (tertiary alicyclic amines) is 1. The van der Waals surface area contributed by atoms with Gasteiger partial charge in [0.05, 0.1) is 6.33 Å². The highest BCUT2D eigenvalue weighted by atomic mass is 15.2. The Hall–Kier alpha value is -0.870. The molecule has 1 saturated heterocycles. The Morgan fingerprint density at radius 1 is 1.35 bits per heavy atom. The highest BCUT2D eigenvalue weighted by molar-refractivity contribution is 4.75. The van der Waals surface area contributed by atoms with Crippen molar-refractivity contribution in [1.82, 2.24) is 19.8 Å². The Balaban J connectivity index is 1.51. The van der Waals surface area contributed by atoms with Gasteiger partial charge in [-0.15, -0.1) is 0 Å². The van der Waals surface area contributed by atoms with Crippen LogP contribution in [0.4, 0.5) is 0 Å². The molecule has 0 radical (unpaired) electrons. The largest absolute Gasteiger partial charge is 0.337 e. The molecule has 1 N–H and O–H groups in total. The lowest BCUT2D eigenvalue weighted by atomic mass is 10.3. The highest BCUT2D eigenvalue weighted by Crippen LogP contribution is 2.10. The van der Waals surface area contributed by atoms with Gasteiger partial charge in [-0.05, 0) is 45.8 Å². The second-order valence-electron chi connectivity index (χ2n) is 4.95. The zero-order valence-electron chi connectivity index (χ0n) is 10.8. The van der Waals surface area contributed by atoms with E-state index in [1.807, 2.05) is 18.7 Å². The first-order valence-electron chi connectivity index (χ1n) is 6.77. The maximum Gasteiger partial charge on any atom is 0.0945 e. The second-order valence-corrected chi connectivity index (χ2v) is 4.95. The number of aryl methyl sites for hydroxylation is 1. The first-order chi connectivity index (χ1) is 8.36. The van der Waals surface area contributed by atoms with Gasteiger partial charge in [0.15, 0.2) is 0 Å². The summed E-state index contributed by atoms with van der Waals surface area (Å²) in [5.41, 5.74) is 0. The number of aromatic nitrogens is 2. The second kappa shape index (κ2) is 6.77. The SMILES string of the molecule is CC(CNCCCn1ccnc1)N1CCCC1. The minimum atomic E-state index is 0.686. The van der Waals surface area contributed by atoms with Gasteiger partial charge in [0.25, 0.3) is 0 Å². The van der Waals surface area contributed by atoms with E-state index in [-0.39, 0.29) is 0 Å². The molecule has 0 aromatic carbocycles. The number of rotatable bonds is 7. The molecule has 1 aliphatic rings. The summed E-state index contributed by atoms with van der Waals surface area (Å²) in [7, 11) is 0. The van der Waals surface area contributed by atoms with Crippen molar-refractivity contribution >= 4 is 0 Å². The van der Waals surface area contributed by atoms with Crippen LogP contribution in [0.5, 0.6) is 0 Å². The summed E-state index contributed by atoms with van der Waals surface area (Å²) in [5.74, 6) is 0. The Morgan fingerprint density at radius 2 is 2.18 bits per heavy atom. The third-order valence-corrected chi connectivity index (χ3v) is 3.53. The fourth-order valence-corrected chi connectivity index (χ4v) is 2.43. The van der Waals surface area contributed by atoms with E-state index in [1.54, 1.807) is 0 Å². The van der Waals surface area contributed by atoms with Crippen LogP contribution in [-0.2, 0) is 6.54 Å². The van der Waals surface area contributed by atoms with Crippen molar-refractivity contribution < 1.29 is 0 Å². The summed E-state index contributed by atoms with van der Waals surface area (Å²) in [4.78, 5) is 6.62. The Kier molecular flexibility index (Phi) is 5.01. The van der Waals surface area contributed by atoms with E-state index in [4.69, 9.17) is 0 Å². The molecule has 0 amide bonds. The van der Waals surface area contributed by atoms with Crippen molar-refractivity contribution in [3.8, 4) is 0 Å². The maximum atomic E-state index is 4.04. The van der Waals surface area contributed by atoms with Crippen molar-refractivity contribution in [2.45, 2.75) is 38.8 Å². The van der Waals surface area contributed by atoms with Gasteiger partial charge in [0, 0.05) is 31.5 Å². The summed E-state index contributed by atoms with van der Waals surface area (Å²) >= 11 is 0. The predicted octanol–water partition coefficient (Wildman–Crippen LogP) is 1.35. The Labute approximate surface area is 104 Å². The fourth-order valence-electron chi connectivity index (χ4n) is 2.43. The van der Waals surface area contributed by atoms with Crippen LogP contribution in [-0.4, -0.2) is 46.7 Å². The first-order valence-corrected chi connectivity index (χ1v) is 6.77. The van der Waals surface area contributed by atoms with Crippen LogP contribution in [0, 0.1) is 0 Å². The molecular weight excluding hydrogens is 212 g/mol. The highest BCUT2D eigenvalue weighted by Gasteiger charge is 2.16. The smallest absolute Gasteiger partial charge is 0.0945 e. The van der Waals surface area contributed by atoms with Crippen molar-refractivity contribution in [2.24, 2.45) is 0 Å². The summed E-state index contributed by atoms with van der Waals surface area (Å²) in [6.07, 6.45) is 9.67. The average molecular weight is 236 g/mol. The van der Waals surface area contributed by atoms with Crippen LogP contribution in [0.25, 0.3) is 0 Å². The third kappa shape index (κ3) is 4.13. The predicted molar refractivity (Wildman–Crippen MR) is 70.0 cm³/mol. The van der Waals surface area contributed by atoms with Gasteiger partial charge in [-0.3, -0.25) is 4.90 Å². The normalized spacial score (nSPS) is 18.6. The Morgan fingerprint density at radius 3 is 2.88 bits per heavy atom. The average Bonchev–Trinajstić information content (AvgIpc) is 3.01. The number of imidazole rings is 1. The molecule has 17 heavy (non-hydrogen) atoms. The van der Waals surface area contributed by atoms with Crippen molar-refractivity contribution in [3.63, 3.8) is 0 Å². The lowest BCUT2D eigenvalue weighted by molar-refractivity contribution is 0.251. The van der Waals surface area contributed by atoms with E-state index in [2.05, 4.69) is 26.7 Å². The number of hydrogen-bond donors (Lipinski definition) is 1. The summed E-state index contributed by atoms with van der Waals surface area (Å²) in [6.45, 7) is 8.18. The molecule has 1 atom stereocenters. The van der Waals surface area contributed by atoms with E-state index >= 15 is 0 Å². The summed E-state index contributed by atoms with van der Waals surface area (Å²) in [6, 6.07) is 0.686. The molecule has 2 rings (SSSR count). The monoisotopic (exact) mass is 236 g/mol. The van der Waals surface area contributed by atoms with Crippen LogP contribution in [0.1, 0.15) is 26.2 Å². The fraction of sp³-hybridized carbons (Fsp3) is 0.769. The molecule has 2 heterocycles. The molecule has 0 aliphatic carbocycles. The van der Waals surface area contributed by atoms with Gasteiger partial charge in [-0.25, -0.2) is 4.98 Å². The summed E-state index contributed by atoms with van der Waals surface area (Å²) in [5, 5.41) is 3.55. The van der Waals surface area contributed by atoms with Crippen molar-refractivity contribution in [2.75, 3.05) is 26.2 Å². The number of nitrogens with one attached hydrogen (secondary N) is 1. The van der Waals surface area contributed by atoms with Gasteiger partial charge < -0.3 is 9.88 Å². The molecule has 0 spiro atoms. The zero-order chi connectivity index (χ0) is 11.9. The maximum absolute atomic E-state index is 4.04. The van der Waals surface area contributed by atoms with Gasteiger partial charge in [-0.1, -0.05) is 0 Å². The minimum absolute atomic E-state index is 0.686. The standard InChI is InChI=1S/C13H24N4/c1-13(17-8-2-3-9-17)11-14-5-4-7-16-10-6-15-12-16/h6,10,12-14H,2-5,7-9,11H2,1H3. The minimum Gasteiger partial charge on any atom is -0.337 e. The van der Waals surface area contributed by atoms with Crippen molar-refractivity contribution in [3.05, 3.63) is 18.7 Å². The van der Waals surface area contributed by atoms with Crippen LogP contribution < -0.4 is 5.32 Å². The lowest BCUT2D eigenvalue weighted by Gasteiger charge is -2.23. The van der Waals surface area contributed by atoms with E-state index in [1.165, 1.54) is 32.4 Å². The molecule has 0 bridgehead atoms. The van der Waals surface area contributed by atoms with Crippen LogP contribution >= 0.6 is 0 Å². The van der Waals surface area contributed by atoms with Crippen LogP contribution in [0.15, 0.2) is 18.7 Å². The Bertz CT molecular complexity index is 290. The molecule has 1 unspecified atom stereocenters. The molecule has 0 saturated carbocycles. The van der Waals surface area contributed by atoms with Crippen molar-refractivity contribution in [1.29, 1.82) is 0 Å². The molecule has 1 aromatic rings. The first kappa shape index (κ1) is 12.6. The number of hydrogen-bond acceptors (Lipinski definition) is 3. The topological polar surface area (TPSA) is 33.1 Å². The van der Waals surface area contributed by atoms with E-state index in [0.29, 0.717) is 6.04 Å². The summed E-state index contributed by atoms with van der Waals surface area (Å²) < 4.78 is 2.13.